The van der Waals surface area contributed by atoms with E-state index in [2.05, 4.69) is 11.9 Å². The van der Waals surface area contributed by atoms with E-state index < -0.39 is 0 Å². The van der Waals surface area contributed by atoms with Crippen LogP contribution in [-0.4, -0.2) is 11.7 Å². The molecule has 1 rings (SSSR count). The second-order valence-electron chi connectivity index (χ2n) is 2.69. The van der Waals surface area contributed by atoms with Crippen LogP contribution >= 0.6 is 0 Å². The number of amides is 1. The third kappa shape index (κ3) is 2.45. The van der Waals surface area contributed by atoms with Crippen LogP contribution in [0.5, 0.6) is 0 Å². The van der Waals surface area contributed by atoms with Crippen LogP contribution in [0.15, 0.2) is 36.9 Å². The number of carbonyl (C=O) groups excluding carboxylic acids is 1. The number of rotatable bonds is 3. The first-order valence-electron chi connectivity index (χ1n) is 4.01. The average Bonchev–Trinajstić information content (AvgIpc) is 2.18. The predicted octanol–water partition coefficient (Wildman–Crippen LogP) is 1.10. The topological polar surface area (TPSA) is 79.0 Å². The molecular weight excluding hydrogens is 178 g/mol. The van der Waals surface area contributed by atoms with E-state index in [0.717, 1.165) is 0 Å². The average molecular weight is 189 g/mol. The van der Waals surface area contributed by atoms with Crippen LogP contribution in [0.2, 0.25) is 0 Å². The first-order valence-corrected chi connectivity index (χ1v) is 4.01. The molecule has 4 heteroatoms. The Kier molecular flexibility index (Phi) is 3.01. The van der Waals surface area contributed by atoms with Gasteiger partial charge in [-0.1, -0.05) is 18.7 Å². The zero-order valence-corrected chi connectivity index (χ0v) is 7.58. The van der Waals surface area contributed by atoms with Crippen LogP contribution in [0.25, 0.3) is 0 Å². The molecule has 14 heavy (non-hydrogen) atoms. The van der Waals surface area contributed by atoms with Gasteiger partial charge in [-0.2, -0.15) is 0 Å². The largest absolute Gasteiger partial charge is 0.384 e. The third-order valence-corrected chi connectivity index (χ3v) is 1.63. The molecule has 1 aromatic rings. The van der Waals surface area contributed by atoms with Gasteiger partial charge in [0.25, 0.3) is 0 Å². The molecule has 0 saturated carbocycles. The Balaban J connectivity index is 2.88. The number of nitrogen functional groups attached to an aromatic ring is 1. The van der Waals surface area contributed by atoms with Gasteiger partial charge in [-0.05, 0) is 18.2 Å². The lowest BCUT2D eigenvalue weighted by Gasteiger charge is -2.03. The molecule has 0 radical (unpaired) electrons. The number of carbonyl (C=O) groups is 1. The summed E-state index contributed by atoms with van der Waals surface area (Å²) in [7, 11) is 0. The molecule has 0 aliphatic carbocycles. The van der Waals surface area contributed by atoms with E-state index in [-0.39, 0.29) is 11.7 Å². The van der Waals surface area contributed by atoms with Crippen molar-refractivity contribution < 1.29 is 4.79 Å². The van der Waals surface area contributed by atoms with Crippen LogP contribution in [0.1, 0.15) is 5.56 Å². The number of nitrogens with two attached hydrogens (primary N) is 1. The van der Waals surface area contributed by atoms with E-state index in [1.165, 1.54) is 6.08 Å². The fourth-order valence-corrected chi connectivity index (χ4v) is 0.958. The lowest BCUT2D eigenvalue weighted by molar-refractivity contribution is -0.111. The number of hydrogen-bond donors (Lipinski definition) is 3. The van der Waals surface area contributed by atoms with Crippen molar-refractivity contribution in [3.8, 4) is 0 Å². The van der Waals surface area contributed by atoms with Gasteiger partial charge in [-0.15, -0.1) is 0 Å². The Morgan fingerprint density at radius 3 is 2.86 bits per heavy atom. The molecule has 0 aliphatic heterocycles. The van der Waals surface area contributed by atoms with Crippen LogP contribution < -0.4 is 11.1 Å². The van der Waals surface area contributed by atoms with Crippen LogP contribution in [-0.2, 0) is 4.79 Å². The molecule has 72 valence electrons. The fraction of sp³-hybridized carbons (Fsp3) is 0. The Morgan fingerprint density at radius 1 is 1.57 bits per heavy atom. The molecule has 0 heterocycles. The molecule has 1 amide bonds. The second-order valence-corrected chi connectivity index (χ2v) is 2.69. The third-order valence-electron chi connectivity index (χ3n) is 1.63. The molecule has 0 aliphatic rings. The summed E-state index contributed by atoms with van der Waals surface area (Å²) >= 11 is 0. The lowest BCUT2D eigenvalue weighted by Crippen LogP contribution is -2.12. The Labute approximate surface area is 81.9 Å². The minimum Gasteiger partial charge on any atom is -0.384 e. The van der Waals surface area contributed by atoms with Crippen molar-refractivity contribution in [2.24, 2.45) is 5.73 Å². The highest BCUT2D eigenvalue weighted by atomic mass is 16.1. The standard InChI is InChI=1S/C10H11N3O/c1-2-9(14)13-8-5-3-4-7(6-8)10(11)12/h2-6H,1H2,(H3,11,12)(H,13,14). The van der Waals surface area contributed by atoms with E-state index >= 15 is 0 Å². The summed E-state index contributed by atoms with van der Waals surface area (Å²) in [6.45, 7) is 3.34. The normalized spacial score (nSPS) is 9.14. The second kappa shape index (κ2) is 4.23. The number of anilines is 1. The number of nitrogens with one attached hydrogen (secondary N) is 2. The van der Waals surface area contributed by atoms with Crippen molar-refractivity contribution in [1.29, 1.82) is 5.41 Å². The van der Waals surface area contributed by atoms with Gasteiger partial charge < -0.3 is 11.1 Å². The van der Waals surface area contributed by atoms with Crippen molar-refractivity contribution in [2.75, 3.05) is 5.32 Å². The Hall–Kier alpha value is -2.10. The molecule has 0 saturated heterocycles. The van der Waals surface area contributed by atoms with E-state index in [9.17, 15) is 4.79 Å². The van der Waals surface area contributed by atoms with Crippen molar-refractivity contribution in [2.45, 2.75) is 0 Å². The molecule has 0 aromatic heterocycles. The van der Waals surface area contributed by atoms with Gasteiger partial charge >= 0.3 is 0 Å². The highest BCUT2D eigenvalue weighted by molar-refractivity contribution is 6.00. The zero-order chi connectivity index (χ0) is 10.6. The molecule has 1 aromatic carbocycles. The molecule has 4 N–H and O–H groups in total. The summed E-state index contributed by atoms with van der Waals surface area (Å²) in [5.74, 6) is -0.314. The maximum absolute atomic E-state index is 10.9. The van der Waals surface area contributed by atoms with Crippen molar-refractivity contribution in [1.82, 2.24) is 0 Å². The van der Waals surface area contributed by atoms with Crippen molar-refractivity contribution in [3.63, 3.8) is 0 Å². The van der Waals surface area contributed by atoms with Gasteiger partial charge in [0.1, 0.15) is 5.84 Å². The number of amidine groups is 1. The van der Waals surface area contributed by atoms with Crippen LogP contribution in [0.4, 0.5) is 5.69 Å². The minimum absolute atomic E-state index is 0.0281. The maximum atomic E-state index is 10.9. The van der Waals surface area contributed by atoms with E-state index in [1.807, 2.05) is 0 Å². The summed E-state index contributed by atoms with van der Waals surface area (Å²) in [5, 5.41) is 9.78. The molecule has 0 bridgehead atoms. The molecule has 0 fully saturated rings. The number of hydrogen-bond acceptors (Lipinski definition) is 2. The molecular formula is C10H11N3O. The van der Waals surface area contributed by atoms with Gasteiger partial charge in [0.2, 0.25) is 5.91 Å². The van der Waals surface area contributed by atoms with E-state index in [1.54, 1.807) is 24.3 Å². The van der Waals surface area contributed by atoms with Gasteiger partial charge in [0.15, 0.2) is 0 Å². The summed E-state index contributed by atoms with van der Waals surface area (Å²) in [6.07, 6.45) is 1.18. The predicted molar refractivity (Wildman–Crippen MR) is 56.3 cm³/mol. The fourth-order valence-electron chi connectivity index (χ4n) is 0.958. The number of benzene rings is 1. The molecule has 0 atom stereocenters. The maximum Gasteiger partial charge on any atom is 0.247 e. The quantitative estimate of drug-likeness (QED) is 0.378. The van der Waals surface area contributed by atoms with Crippen molar-refractivity contribution in [3.05, 3.63) is 42.5 Å². The Bertz CT molecular complexity index is 385. The molecule has 4 nitrogen and oxygen atoms in total. The SMILES string of the molecule is C=CC(=O)Nc1cccc(C(=N)N)c1. The highest BCUT2D eigenvalue weighted by Crippen LogP contribution is 2.09. The first-order chi connectivity index (χ1) is 6.63. The van der Waals surface area contributed by atoms with Gasteiger partial charge in [-0.3, -0.25) is 10.2 Å². The Morgan fingerprint density at radius 2 is 2.29 bits per heavy atom. The summed E-state index contributed by atoms with van der Waals surface area (Å²) in [5.41, 5.74) is 6.47. The minimum atomic E-state index is -0.286. The smallest absolute Gasteiger partial charge is 0.247 e. The molecule has 0 spiro atoms. The first kappa shape index (κ1) is 9.98. The zero-order valence-electron chi connectivity index (χ0n) is 7.58. The van der Waals surface area contributed by atoms with E-state index in [0.29, 0.717) is 11.3 Å². The van der Waals surface area contributed by atoms with E-state index in [4.69, 9.17) is 11.1 Å². The molecule has 0 unspecified atom stereocenters. The summed E-state index contributed by atoms with van der Waals surface area (Å²) in [4.78, 5) is 10.9. The summed E-state index contributed by atoms with van der Waals surface area (Å²) < 4.78 is 0. The van der Waals surface area contributed by atoms with Crippen molar-refractivity contribution >= 4 is 17.4 Å². The van der Waals surface area contributed by atoms with Crippen LogP contribution in [0.3, 0.4) is 0 Å². The lowest BCUT2D eigenvalue weighted by atomic mass is 10.2. The van der Waals surface area contributed by atoms with Gasteiger partial charge in [0.05, 0.1) is 0 Å². The van der Waals surface area contributed by atoms with Gasteiger partial charge in [0, 0.05) is 11.3 Å². The highest BCUT2D eigenvalue weighted by Gasteiger charge is 1.99. The monoisotopic (exact) mass is 189 g/mol. The van der Waals surface area contributed by atoms with Gasteiger partial charge in [-0.25, -0.2) is 0 Å². The van der Waals surface area contributed by atoms with Crippen LogP contribution in [0, 0.1) is 5.41 Å². The summed E-state index contributed by atoms with van der Waals surface area (Å²) in [6, 6.07) is 6.76.